The Labute approximate surface area is 116 Å². The molecular formula is C14H17BrO3. The molecule has 0 fully saturated rings. The Morgan fingerprint density at radius 3 is 2.78 bits per heavy atom. The fraction of sp³-hybridized carbons (Fsp3) is 0.500. The van der Waals surface area contributed by atoms with Gasteiger partial charge in [0.05, 0.1) is 0 Å². The number of halogens is 1. The van der Waals surface area contributed by atoms with Gasteiger partial charge in [0.1, 0.15) is 19.5 Å². The number of benzene rings is 1. The van der Waals surface area contributed by atoms with Crippen molar-refractivity contribution >= 4 is 22.2 Å². The molecule has 1 heterocycles. The van der Waals surface area contributed by atoms with Crippen LogP contribution in [0, 0.1) is 0 Å². The second-order valence-corrected chi connectivity index (χ2v) is 5.49. The topological polar surface area (TPSA) is 35.5 Å². The maximum atomic E-state index is 10.6. The van der Waals surface area contributed by atoms with Crippen LogP contribution in [0.3, 0.4) is 0 Å². The molecule has 0 atom stereocenters. The van der Waals surface area contributed by atoms with Crippen molar-refractivity contribution in [2.24, 2.45) is 0 Å². The number of fused-ring (bicyclic) bond motifs is 1. The zero-order valence-corrected chi connectivity index (χ0v) is 12.2. The summed E-state index contributed by atoms with van der Waals surface area (Å²) in [6, 6.07) is 1.94. The Hall–Kier alpha value is -1.03. The van der Waals surface area contributed by atoms with Crippen molar-refractivity contribution in [3.8, 4) is 11.5 Å². The smallest absolute Gasteiger partial charge is 0.165 e. The number of carbonyl (C=O) groups is 1. The van der Waals surface area contributed by atoms with Crippen LogP contribution in [-0.4, -0.2) is 19.5 Å². The summed E-state index contributed by atoms with van der Waals surface area (Å²) in [6.07, 6.45) is 2.21. The van der Waals surface area contributed by atoms with E-state index in [9.17, 15) is 4.79 Å². The largest absolute Gasteiger partial charge is 0.486 e. The van der Waals surface area contributed by atoms with E-state index in [1.54, 1.807) is 0 Å². The van der Waals surface area contributed by atoms with Crippen LogP contribution in [0.25, 0.3) is 0 Å². The van der Waals surface area contributed by atoms with Crippen molar-refractivity contribution in [3.63, 3.8) is 0 Å². The molecule has 1 aliphatic rings. The van der Waals surface area contributed by atoms with E-state index in [0.29, 0.717) is 25.6 Å². The van der Waals surface area contributed by atoms with Crippen molar-refractivity contribution in [1.29, 1.82) is 0 Å². The predicted molar refractivity (Wildman–Crippen MR) is 73.6 cm³/mol. The fourth-order valence-corrected chi connectivity index (χ4v) is 2.91. The van der Waals surface area contributed by atoms with E-state index in [4.69, 9.17) is 9.47 Å². The van der Waals surface area contributed by atoms with Crippen molar-refractivity contribution in [2.45, 2.75) is 32.6 Å². The van der Waals surface area contributed by atoms with E-state index >= 15 is 0 Å². The van der Waals surface area contributed by atoms with E-state index in [1.165, 1.54) is 0 Å². The van der Waals surface area contributed by atoms with Gasteiger partial charge in [0.15, 0.2) is 11.5 Å². The summed E-state index contributed by atoms with van der Waals surface area (Å²) < 4.78 is 12.4. The van der Waals surface area contributed by atoms with Crippen LogP contribution in [0.15, 0.2) is 10.5 Å². The summed E-state index contributed by atoms with van der Waals surface area (Å²) in [5.74, 6) is 1.98. The molecule has 1 aliphatic heterocycles. The van der Waals surface area contributed by atoms with E-state index in [0.717, 1.165) is 39.8 Å². The number of carbonyl (C=O) groups excluding carboxylic acids is 1. The molecule has 18 heavy (non-hydrogen) atoms. The van der Waals surface area contributed by atoms with Crippen LogP contribution in [0.2, 0.25) is 0 Å². The van der Waals surface area contributed by atoms with Gasteiger partial charge in [-0.05, 0) is 24.0 Å². The molecule has 2 rings (SSSR count). The first-order valence-corrected chi connectivity index (χ1v) is 6.99. The third-order valence-electron chi connectivity index (χ3n) is 3.02. The van der Waals surface area contributed by atoms with E-state index in [1.807, 2.05) is 6.07 Å². The SMILES string of the molecule is CC(C)c1c(CCC=O)c(Br)cc2c1OCCO2. The molecule has 0 bridgehead atoms. The number of hydrogen-bond acceptors (Lipinski definition) is 3. The first-order valence-electron chi connectivity index (χ1n) is 6.19. The fourth-order valence-electron chi connectivity index (χ4n) is 2.29. The molecule has 1 aromatic carbocycles. The minimum absolute atomic E-state index is 0.333. The average molecular weight is 313 g/mol. The average Bonchev–Trinajstić information content (AvgIpc) is 2.35. The van der Waals surface area contributed by atoms with E-state index in [-0.39, 0.29) is 0 Å². The minimum atomic E-state index is 0.333. The molecule has 0 unspecified atom stereocenters. The molecule has 1 aromatic rings. The molecule has 98 valence electrons. The zero-order valence-electron chi connectivity index (χ0n) is 10.7. The lowest BCUT2D eigenvalue weighted by Crippen LogP contribution is -2.18. The Bertz CT molecular complexity index is 455. The molecule has 0 saturated heterocycles. The number of hydrogen-bond donors (Lipinski definition) is 0. The van der Waals surface area contributed by atoms with Gasteiger partial charge in [-0.2, -0.15) is 0 Å². The Kier molecular flexibility index (Phi) is 4.27. The highest BCUT2D eigenvalue weighted by Crippen LogP contribution is 2.43. The molecule has 0 spiro atoms. The highest BCUT2D eigenvalue weighted by Gasteiger charge is 2.23. The van der Waals surface area contributed by atoms with E-state index < -0.39 is 0 Å². The highest BCUT2D eigenvalue weighted by atomic mass is 79.9. The quantitative estimate of drug-likeness (QED) is 0.799. The minimum Gasteiger partial charge on any atom is -0.486 e. The van der Waals surface area contributed by atoms with Gasteiger partial charge in [0, 0.05) is 16.5 Å². The summed E-state index contributed by atoms with van der Waals surface area (Å²) in [5.41, 5.74) is 2.31. The second-order valence-electron chi connectivity index (χ2n) is 4.63. The zero-order chi connectivity index (χ0) is 13.1. The van der Waals surface area contributed by atoms with Gasteiger partial charge in [-0.1, -0.05) is 29.8 Å². The van der Waals surface area contributed by atoms with Crippen molar-refractivity contribution in [1.82, 2.24) is 0 Å². The molecule has 0 radical (unpaired) electrons. The Morgan fingerprint density at radius 1 is 1.39 bits per heavy atom. The lowest BCUT2D eigenvalue weighted by molar-refractivity contribution is -0.107. The maximum Gasteiger partial charge on any atom is 0.165 e. The summed E-state index contributed by atoms with van der Waals surface area (Å²) in [4.78, 5) is 10.6. The van der Waals surface area contributed by atoms with Crippen LogP contribution < -0.4 is 9.47 Å². The van der Waals surface area contributed by atoms with Crippen LogP contribution in [0.4, 0.5) is 0 Å². The van der Waals surface area contributed by atoms with Crippen LogP contribution in [-0.2, 0) is 11.2 Å². The molecule has 3 nitrogen and oxygen atoms in total. The number of aldehydes is 1. The van der Waals surface area contributed by atoms with Gasteiger partial charge in [-0.3, -0.25) is 0 Å². The third kappa shape index (κ3) is 2.53. The molecular weight excluding hydrogens is 296 g/mol. The Balaban J connectivity index is 2.53. The monoisotopic (exact) mass is 312 g/mol. The lowest BCUT2D eigenvalue weighted by Gasteiger charge is -2.25. The lowest BCUT2D eigenvalue weighted by atomic mass is 9.93. The van der Waals surface area contributed by atoms with Gasteiger partial charge in [0.2, 0.25) is 0 Å². The first-order chi connectivity index (χ1) is 8.65. The summed E-state index contributed by atoms with van der Waals surface area (Å²) >= 11 is 3.57. The van der Waals surface area contributed by atoms with Crippen LogP contribution in [0.1, 0.15) is 37.3 Å². The first kappa shape index (κ1) is 13.4. The van der Waals surface area contributed by atoms with Gasteiger partial charge in [0.25, 0.3) is 0 Å². The maximum absolute atomic E-state index is 10.6. The molecule has 0 amide bonds. The van der Waals surface area contributed by atoms with Gasteiger partial charge in [-0.15, -0.1) is 0 Å². The molecule has 0 aromatic heterocycles. The van der Waals surface area contributed by atoms with Crippen molar-refractivity contribution in [2.75, 3.05) is 13.2 Å². The van der Waals surface area contributed by atoms with Gasteiger partial charge in [-0.25, -0.2) is 0 Å². The number of rotatable bonds is 4. The Morgan fingerprint density at radius 2 is 2.11 bits per heavy atom. The van der Waals surface area contributed by atoms with Gasteiger partial charge < -0.3 is 14.3 Å². The summed E-state index contributed by atoms with van der Waals surface area (Å²) in [6.45, 7) is 5.43. The second kappa shape index (κ2) is 5.74. The van der Waals surface area contributed by atoms with E-state index in [2.05, 4.69) is 29.8 Å². The normalized spacial score (nSPS) is 13.8. The van der Waals surface area contributed by atoms with Crippen molar-refractivity contribution in [3.05, 3.63) is 21.7 Å². The molecule has 4 heteroatoms. The molecule has 0 aliphatic carbocycles. The predicted octanol–water partition coefficient (Wildman–Crippen LogP) is 3.48. The number of ether oxygens (including phenoxy) is 2. The van der Waals surface area contributed by atoms with Crippen LogP contribution >= 0.6 is 15.9 Å². The summed E-state index contributed by atoms with van der Waals surface area (Å²) in [5, 5.41) is 0. The third-order valence-corrected chi connectivity index (χ3v) is 3.72. The van der Waals surface area contributed by atoms with Crippen LogP contribution in [0.5, 0.6) is 11.5 Å². The van der Waals surface area contributed by atoms with Crippen molar-refractivity contribution < 1.29 is 14.3 Å². The highest BCUT2D eigenvalue weighted by molar-refractivity contribution is 9.10. The molecule has 0 saturated carbocycles. The standard InChI is InChI=1S/C14H17BrO3/c1-9(2)13-10(4-3-5-16)11(15)8-12-14(13)18-7-6-17-12/h5,8-9H,3-4,6-7H2,1-2H3. The molecule has 0 N–H and O–H groups in total. The van der Waals surface area contributed by atoms with Gasteiger partial charge >= 0.3 is 0 Å². The summed E-state index contributed by atoms with van der Waals surface area (Å²) in [7, 11) is 0.